The molecular formula is C16H29N5O5S. The summed E-state index contributed by atoms with van der Waals surface area (Å²) in [6.45, 7) is 0.362. The highest BCUT2D eigenvalue weighted by atomic mass is 32.1. The molecule has 10 nitrogen and oxygen atoms in total. The number of nitrogens with two attached hydrogens (primary N) is 2. The number of amides is 3. The van der Waals surface area contributed by atoms with E-state index in [2.05, 4.69) is 23.3 Å². The van der Waals surface area contributed by atoms with E-state index >= 15 is 0 Å². The summed E-state index contributed by atoms with van der Waals surface area (Å²) in [5.41, 5.74) is 11.2. The van der Waals surface area contributed by atoms with E-state index in [0.29, 0.717) is 38.8 Å². The number of carboxylic acids is 1. The minimum atomic E-state index is -1.16. The van der Waals surface area contributed by atoms with Crippen LogP contribution in [0.5, 0.6) is 0 Å². The molecule has 0 spiro atoms. The standard InChI is InChI=1S/C16H29N5O5S/c17-6-2-1-4-10(18)14(24)20-11(9-27)16(26)21-7-3-5-12(21)15(25)19-8-13(22)23/h10-12,27H,1-9,17-18H2,(H,19,25)(H,20,24)(H,22,23). The summed E-state index contributed by atoms with van der Waals surface area (Å²) in [5.74, 6) is -2.51. The highest BCUT2D eigenvalue weighted by Crippen LogP contribution is 2.19. The Hall–Kier alpha value is -1.85. The van der Waals surface area contributed by atoms with Gasteiger partial charge in [-0.25, -0.2) is 0 Å². The maximum absolute atomic E-state index is 12.8. The zero-order chi connectivity index (χ0) is 20.4. The number of unbranched alkanes of at least 4 members (excludes halogenated alkanes) is 1. The summed E-state index contributed by atoms with van der Waals surface area (Å²) in [5, 5.41) is 13.5. The number of carboxylic acid groups (broad SMARTS) is 1. The summed E-state index contributed by atoms with van der Waals surface area (Å²) in [6.07, 6.45) is 2.98. The predicted molar refractivity (Wildman–Crippen MR) is 102 cm³/mol. The number of thiol groups is 1. The third-order valence-electron chi connectivity index (χ3n) is 4.36. The van der Waals surface area contributed by atoms with E-state index in [0.717, 1.165) is 6.42 Å². The first-order valence-corrected chi connectivity index (χ1v) is 9.61. The molecule has 1 fully saturated rings. The lowest BCUT2D eigenvalue weighted by Gasteiger charge is -2.28. The fourth-order valence-electron chi connectivity index (χ4n) is 2.89. The van der Waals surface area contributed by atoms with E-state index in [9.17, 15) is 19.2 Å². The Morgan fingerprint density at radius 3 is 2.56 bits per heavy atom. The van der Waals surface area contributed by atoms with Crippen molar-refractivity contribution >= 4 is 36.3 Å². The van der Waals surface area contributed by atoms with Crippen LogP contribution in [-0.4, -0.2) is 77.2 Å². The molecule has 154 valence electrons. The number of nitrogens with one attached hydrogen (secondary N) is 2. The first-order valence-electron chi connectivity index (χ1n) is 8.98. The number of likely N-dealkylation sites (tertiary alicyclic amines) is 1. The minimum Gasteiger partial charge on any atom is -0.480 e. The molecule has 3 amide bonds. The molecule has 1 rings (SSSR count). The van der Waals surface area contributed by atoms with Gasteiger partial charge in [0.15, 0.2) is 0 Å². The number of hydrogen-bond donors (Lipinski definition) is 6. The molecule has 1 aliphatic heterocycles. The van der Waals surface area contributed by atoms with Gasteiger partial charge in [0.25, 0.3) is 0 Å². The van der Waals surface area contributed by atoms with Crippen molar-refractivity contribution in [2.24, 2.45) is 11.5 Å². The monoisotopic (exact) mass is 403 g/mol. The quantitative estimate of drug-likeness (QED) is 0.172. The van der Waals surface area contributed by atoms with Crippen LogP contribution in [-0.2, 0) is 19.2 Å². The average Bonchev–Trinajstić information content (AvgIpc) is 3.13. The highest BCUT2D eigenvalue weighted by Gasteiger charge is 2.37. The van der Waals surface area contributed by atoms with Crippen molar-refractivity contribution in [1.82, 2.24) is 15.5 Å². The van der Waals surface area contributed by atoms with Gasteiger partial charge in [0, 0.05) is 12.3 Å². The van der Waals surface area contributed by atoms with E-state index in [-0.39, 0.29) is 5.75 Å². The molecule has 7 N–H and O–H groups in total. The Morgan fingerprint density at radius 2 is 1.96 bits per heavy atom. The van der Waals surface area contributed by atoms with E-state index in [1.54, 1.807) is 0 Å². The van der Waals surface area contributed by atoms with Gasteiger partial charge >= 0.3 is 5.97 Å². The van der Waals surface area contributed by atoms with Gasteiger partial charge in [-0.1, -0.05) is 6.42 Å². The molecule has 0 aromatic heterocycles. The smallest absolute Gasteiger partial charge is 0.322 e. The number of aliphatic carboxylic acids is 1. The Balaban J connectivity index is 2.65. The second-order valence-corrected chi connectivity index (χ2v) is 6.80. The van der Waals surface area contributed by atoms with Gasteiger partial charge in [-0.3, -0.25) is 19.2 Å². The van der Waals surface area contributed by atoms with Crippen LogP contribution in [0.15, 0.2) is 0 Å². The Kier molecular flexibility index (Phi) is 10.1. The van der Waals surface area contributed by atoms with Crippen molar-refractivity contribution in [3.63, 3.8) is 0 Å². The Bertz CT molecular complexity index is 547. The fourth-order valence-corrected chi connectivity index (χ4v) is 3.14. The summed E-state index contributed by atoms with van der Waals surface area (Å²) in [6, 6.07) is -2.41. The average molecular weight is 404 g/mol. The molecule has 11 heteroatoms. The fraction of sp³-hybridized carbons (Fsp3) is 0.750. The molecule has 3 unspecified atom stereocenters. The highest BCUT2D eigenvalue weighted by molar-refractivity contribution is 7.80. The van der Waals surface area contributed by atoms with Gasteiger partial charge in [-0.05, 0) is 32.2 Å². The molecule has 0 aliphatic carbocycles. The first-order chi connectivity index (χ1) is 12.8. The first kappa shape index (κ1) is 23.2. The van der Waals surface area contributed by atoms with Crippen LogP contribution in [0.1, 0.15) is 32.1 Å². The summed E-state index contributed by atoms with van der Waals surface area (Å²) in [7, 11) is 0. The number of carbonyl (C=O) groups is 4. The SMILES string of the molecule is NCCCCC(N)C(=O)NC(CS)C(=O)N1CCCC1C(=O)NCC(=O)O. The molecule has 0 bridgehead atoms. The topological polar surface area (TPSA) is 168 Å². The van der Waals surface area contributed by atoms with Crippen molar-refractivity contribution in [2.75, 3.05) is 25.4 Å². The molecule has 1 saturated heterocycles. The number of carbonyl (C=O) groups excluding carboxylic acids is 3. The minimum absolute atomic E-state index is 0.0556. The van der Waals surface area contributed by atoms with Crippen molar-refractivity contribution < 1.29 is 24.3 Å². The molecule has 0 aromatic carbocycles. The molecule has 1 heterocycles. The van der Waals surface area contributed by atoms with Crippen LogP contribution in [0.3, 0.4) is 0 Å². The Morgan fingerprint density at radius 1 is 1.26 bits per heavy atom. The van der Waals surface area contributed by atoms with Gasteiger partial charge in [-0.2, -0.15) is 12.6 Å². The maximum Gasteiger partial charge on any atom is 0.322 e. The van der Waals surface area contributed by atoms with Crippen molar-refractivity contribution in [3.05, 3.63) is 0 Å². The summed E-state index contributed by atoms with van der Waals surface area (Å²) < 4.78 is 0. The van der Waals surface area contributed by atoms with Crippen molar-refractivity contribution in [3.8, 4) is 0 Å². The summed E-state index contributed by atoms with van der Waals surface area (Å²) >= 11 is 4.13. The van der Waals surface area contributed by atoms with Crippen LogP contribution in [0.2, 0.25) is 0 Å². The lowest BCUT2D eigenvalue weighted by atomic mass is 10.1. The normalized spacial score (nSPS) is 18.6. The van der Waals surface area contributed by atoms with Gasteiger partial charge in [0.2, 0.25) is 17.7 Å². The van der Waals surface area contributed by atoms with Crippen LogP contribution < -0.4 is 22.1 Å². The van der Waals surface area contributed by atoms with Gasteiger partial charge in [0.1, 0.15) is 18.6 Å². The maximum atomic E-state index is 12.8. The molecular weight excluding hydrogens is 374 g/mol. The van der Waals surface area contributed by atoms with Crippen LogP contribution >= 0.6 is 12.6 Å². The van der Waals surface area contributed by atoms with Gasteiger partial charge in [0.05, 0.1) is 6.04 Å². The second-order valence-electron chi connectivity index (χ2n) is 6.44. The number of nitrogens with zero attached hydrogens (tertiary/aromatic N) is 1. The van der Waals surface area contributed by atoms with E-state index in [1.165, 1.54) is 4.90 Å². The van der Waals surface area contributed by atoms with E-state index in [1.807, 2.05) is 0 Å². The van der Waals surface area contributed by atoms with E-state index < -0.39 is 48.4 Å². The second kappa shape index (κ2) is 11.8. The Labute approximate surface area is 163 Å². The lowest BCUT2D eigenvalue weighted by molar-refractivity contribution is -0.142. The zero-order valence-corrected chi connectivity index (χ0v) is 16.1. The van der Waals surface area contributed by atoms with Crippen molar-refractivity contribution in [1.29, 1.82) is 0 Å². The molecule has 1 aliphatic rings. The van der Waals surface area contributed by atoms with Crippen LogP contribution in [0.25, 0.3) is 0 Å². The lowest BCUT2D eigenvalue weighted by Crippen LogP contribution is -2.56. The summed E-state index contributed by atoms with van der Waals surface area (Å²) in [4.78, 5) is 49.1. The van der Waals surface area contributed by atoms with E-state index in [4.69, 9.17) is 16.6 Å². The number of rotatable bonds is 11. The molecule has 0 saturated carbocycles. The molecule has 0 radical (unpaired) electrons. The van der Waals surface area contributed by atoms with Crippen LogP contribution in [0.4, 0.5) is 0 Å². The van der Waals surface area contributed by atoms with Crippen molar-refractivity contribution in [2.45, 2.75) is 50.2 Å². The molecule has 27 heavy (non-hydrogen) atoms. The zero-order valence-electron chi connectivity index (χ0n) is 15.2. The van der Waals surface area contributed by atoms with Gasteiger partial charge in [-0.15, -0.1) is 0 Å². The number of hydrogen-bond acceptors (Lipinski definition) is 7. The predicted octanol–water partition coefficient (Wildman–Crippen LogP) is -1.95. The molecule has 0 aromatic rings. The molecule has 3 atom stereocenters. The van der Waals surface area contributed by atoms with Gasteiger partial charge < -0.3 is 32.1 Å². The van der Waals surface area contributed by atoms with Crippen LogP contribution in [0, 0.1) is 0 Å². The largest absolute Gasteiger partial charge is 0.480 e. The third-order valence-corrected chi connectivity index (χ3v) is 4.72. The third kappa shape index (κ3) is 7.35.